The third-order valence-corrected chi connectivity index (χ3v) is 7.68. The monoisotopic (exact) mass is 392 g/mol. The molecular weight excluding hydrogens is 372 g/mol. The van der Waals surface area contributed by atoms with Crippen LogP contribution in [0.4, 0.5) is 0 Å². The van der Waals surface area contributed by atoms with Gasteiger partial charge in [-0.25, -0.2) is 19.2 Å². The minimum atomic E-state index is -1.36. The minimum Gasteiger partial charge on any atom is -0.467 e. The highest BCUT2D eigenvalue weighted by Gasteiger charge is 3.00. The van der Waals surface area contributed by atoms with Crippen molar-refractivity contribution in [3.63, 3.8) is 0 Å². The first-order valence-electron chi connectivity index (χ1n) is 9.15. The van der Waals surface area contributed by atoms with Crippen molar-refractivity contribution in [1.29, 1.82) is 0 Å². The number of fused-ring (bicyclic) bond motifs is 11. The summed E-state index contributed by atoms with van der Waals surface area (Å²) in [6.07, 6.45) is 0.687. The van der Waals surface area contributed by atoms with Gasteiger partial charge in [-0.1, -0.05) is 0 Å². The fraction of sp³-hybridized carbons (Fsp3) is 0.684. The Kier molecular flexibility index (Phi) is 3.24. The molecule has 0 aromatic rings. The molecule has 0 spiro atoms. The van der Waals surface area contributed by atoms with E-state index in [9.17, 15) is 19.2 Å². The normalized spacial score (nSPS) is 45.6. The summed E-state index contributed by atoms with van der Waals surface area (Å²) < 4.78 is 25.5. The van der Waals surface area contributed by atoms with Gasteiger partial charge in [0.25, 0.3) is 0 Å². The summed E-state index contributed by atoms with van der Waals surface area (Å²) >= 11 is 0. The average molecular weight is 392 g/mol. The molecule has 150 valence electrons. The van der Waals surface area contributed by atoms with Crippen molar-refractivity contribution in [2.75, 3.05) is 28.4 Å². The third-order valence-electron chi connectivity index (χ3n) is 7.68. The van der Waals surface area contributed by atoms with E-state index < -0.39 is 35.1 Å². The van der Waals surface area contributed by atoms with Gasteiger partial charge in [-0.3, -0.25) is 0 Å². The Balaban J connectivity index is 1.58. The maximum absolute atomic E-state index is 12.6. The first-order chi connectivity index (χ1) is 13.4. The Morgan fingerprint density at radius 3 is 1.46 bits per heavy atom. The molecule has 5 aliphatic rings. The number of ether oxygens (including phenoxy) is 5. The molecule has 1 heterocycles. The van der Waals surface area contributed by atoms with Gasteiger partial charge < -0.3 is 23.7 Å². The molecule has 3 saturated carbocycles. The summed E-state index contributed by atoms with van der Waals surface area (Å²) in [7, 11) is 5.03. The van der Waals surface area contributed by atoms with Crippen molar-refractivity contribution in [2.45, 2.75) is 17.6 Å². The number of esters is 4. The fourth-order valence-electron chi connectivity index (χ4n) is 7.01. The van der Waals surface area contributed by atoms with E-state index >= 15 is 0 Å². The second-order valence-corrected chi connectivity index (χ2v) is 8.03. The van der Waals surface area contributed by atoms with Crippen molar-refractivity contribution in [3.05, 3.63) is 11.1 Å². The Morgan fingerprint density at radius 1 is 0.750 bits per heavy atom. The van der Waals surface area contributed by atoms with Crippen LogP contribution in [0.5, 0.6) is 0 Å². The number of carbonyl (C=O) groups is 4. The molecule has 0 aromatic carbocycles. The van der Waals surface area contributed by atoms with Crippen molar-refractivity contribution < 1.29 is 42.9 Å². The molecule has 4 aliphatic carbocycles. The van der Waals surface area contributed by atoms with Crippen LogP contribution in [0.3, 0.4) is 0 Å². The molecule has 1 saturated heterocycles. The van der Waals surface area contributed by atoms with Crippen LogP contribution in [0.2, 0.25) is 0 Å². The molecule has 0 radical (unpaired) electrons. The van der Waals surface area contributed by atoms with Crippen LogP contribution in [-0.4, -0.2) is 63.5 Å². The lowest BCUT2D eigenvalue weighted by Gasteiger charge is -2.54. The molecule has 5 rings (SSSR count). The maximum atomic E-state index is 12.6. The summed E-state index contributed by atoms with van der Waals surface area (Å²) in [6, 6.07) is 0. The first-order valence-corrected chi connectivity index (χ1v) is 9.15. The highest BCUT2D eigenvalue weighted by atomic mass is 16.7. The third kappa shape index (κ3) is 1.47. The summed E-state index contributed by atoms with van der Waals surface area (Å²) in [5.41, 5.74) is -2.07. The molecule has 1 aliphatic heterocycles. The van der Waals surface area contributed by atoms with Crippen molar-refractivity contribution in [3.8, 4) is 0 Å². The van der Waals surface area contributed by atoms with E-state index in [1.807, 2.05) is 0 Å². The lowest BCUT2D eigenvalue weighted by atomic mass is 9.44. The zero-order valence-electron chi connectivity index (χ0n) is 15.8. The predicted molar refractivity (Wildman–Crippen MR) is 87.2 cm³/mol. The number of methoxy groups -OCH3 is 4. The quantitative estimate of drug-likeness (QED) is 0.273. The number of hydrogen-bond donors (Lipinski definition) is 0. The predicted octanol–water partition coefficient (Wildman–Crippen LogP) is -0.375. The highest BCUT2D eigenvalue weighted by Crippen LogP contribution is 2.85. The zero-order chi connectivity index (χ0) is 20.2. The van der Waals surface area contributed by atoms with Gasteiger partial charge in [0.1, 0.15) is 0 Å². The lowest BCUT2D eigenvalue weighted by molar-refractivity contribution is -0.168. The highest BCUT2D eigenvalue weighted by molar-refractivity contribution is 6.06. The van der Waals surface area contributed by atoms with Crippen molar-refractivity contribution in [2.24, 2.45) is 35.5 Å². The average Bonchev–Trinajstić information content (AvgIpc) is 2.95. The van der Waals surface area contributed by atoms with E-state index in [-0.39, 0.29) is 35.5 Å². The van der Waals surface area contributed by atoms with Crippen LogP contribution in [0.1, 0.15) is 6.42 Å². The molecule has 2 bridgehead atoms. The van der Waals surface area contributed by atoms with E-state index in [2.05, 4.69) is 0 Å². The van der Waals surface area contributed by atoms with Crippen LogP contribution < -0.4 is 0 Å². The van der Waals surface area contributed by atoms with E-state index in [0.717, 1.165) is 0 Å². The van der Waals surface area contributed by atoms with E-state index in [0.29, 0.717) is 17.6 Å². The Morgan fingerprint density at radius 2 is 1.14 bits per heavy atom. The molecule has 0 N–H and O–H groups in total. The summed E-state index contributed by atoms with van der Waals surface area (Å²) in [4.78, 5) is 49.8. The van der Waals surface area contributed by atoms with Crippen LogP contribution in [0.25, 0.3) is 0 Å². The van der Waals surface area contributed by atoms with E-state index in [1.54, 1.807) is 0 Å². The first kappa shape index (κ1) is 17.7. The number of rotatable bonds is 4. The summed E-state index contributed by atoms with van der Waals surface area (Å²) in [6.45, 7) is 0. The van der Waals surface area contributed by atoms with Gasteiger partial charge in [0.2, 0.25) is 11.2 Å². The lowest BCUT2D eigenvalue weighted by Crippen LogP contribution is -2.68. The molecule has 0 aromatic heterocycles. The second-order valence-electron chi connectivity index (χ2n) is 8.03. The van der Waals surface area contributed by atoms with Gasteiger partial charge >= 0.3 is 23.9 Å². The van der Waals surface area contributed by atoms with Crippen LogP contribution in [-0.2, 0) is 42.9 Å². The Labute approximate surface area is 160 Å². The number of hydrogen-bond acceptors (Lipinski definition) is 9. The van der Waals surface area contributed by atoms with Crippen molar-refractivity contribution in [1.82, 2.24) is 0 Å². The van der Waals surface area contributed by atoms with Crippen LogP contribution in [0, 0.1) is 35.5 Å². The van der Waals surface area contributed by atoms with Crippen LogP contribution >= 0.6 is 0 Å². The van der Waals surface area contributed by atoms with E-state index in [1.165, 1.54) is 28.4 Å². The second kappa shape index (κ2) is 5.14. The van der Waals surface area contributed by atoms with Crippen LogP contribution in [0.15, 0.2) is 11.1 Å². The topological polar surface area (TPSA) is 118 Å². The molecule has 9 nitrogen and oxygen atoms in total. The fourth-order valence-corrected chi connectivity index (χ4v) is 7.01. The zero-order valence-corrected chi connectivity index (χ0v) is 15.8. The molecule has 9 heteroatoms. The van der Waals surface area contributed by atoms with Gasteiger partial charge in [-0.05, 0) is 18.3 Å². The Hall–Kier alpha value is -2.42. The minimum absolute atomic E-state index is 0.0816. The van der Waals surface area contributed by atoms with Gasteiger partial charge in [-0.15, -0.1) is 0 Å². The standard InChI is InChI=1S/C19H20O9/c1-24-14(20)10-8-6-5-7(9(8)11(10)15(21)25-2)13-12(6)18(16(22)26-3)19(13,28-18)17(23)27-4/h6-9,12-13H,5H2,1-4H3/t6-,7+,8+,9-,12-,13+,18-,19+. The van der Waals surface area contributed by atoms with Gasteiger partial charge in [0.15, 0.2) is 0 Å². The molecule has 28 heavy (non-hydrogen) atoms. The maximum Gasteiger partial charge on any atom is 0.342 e. The van der Waals surface area contributed by atoms with Gasteiger partial charge in [0, 0.05) is 23.7 Å². The number of carbonyl (C=O) groups excluding carboxylic acids is 4. The van der Waals surface area contributed by atoms with E-state index in [4.69, 9.17) is 23.7 Å². The molecule has 4 fully saturated rings. The summed E-state index contributed by atoms with van der Waals surface area (Å²) in [5, 5.41) is 0. The summed E-state index contributed by atoms with van der Waals surface area (Å²) in [5.74, 6) is -3.43. The largest absolute Gasteiger partial charge is 0.467 e. The number of epoxide rings is 1. The van der Waals surface area contributed by atoms with Gasteiger partial charge in [-0.2, -0.15) is 0 Å². The molecule has 0 unspecified atom stereocenters. The SMILES string of the molecule is COC(=O)C1=C(C(=O)OC)[C@H]2[C@H]3C[C@@H]([C@@H]12)[C@H]1[C@@H]3[C@]2(C(=O)OC)O[C@]12C(=O)OC. The Bertz CT molecular complexity index is 807. The molecule has 0 amide bonds. The van der Waals surface area contributed by atoms with Crippen molar-refractivity contribution >= 4 is 23.9 Å². The smallest absolute Gasteiger partial charge is 0.342 e. The molecule has 8 atom stereocenters. The van der Waals surface area contributed by atoms with Gasteiger partial charge in [0.05, 0.1) is 39.6 Å². The molecular formula is C19H20O9.